The van der Waals surface area contributed by atoms with Gasteiger partial charge in [-0.05, 0) is 36.2 Å². The van der Waals surface area contributed by atoms with Crippen LogP contribution in [0.15, 0.2) is 56.1 Å². The van der Waals surface area contributed by atoms with E-state index in [0.29, 0.717) is 22.4 Å². The number of benzene rings is 2. The van der Waals surface area contributed by atoms with Gasteiger partial charge in [-0.2, -0.15) is 0 Å². The van der Waals surface area contributed by atoms with Gasteiger partial charge in [0.05, 0.1) is 7.11 Å². The number of hydrogen-bond acceptors (Lipinski definition) is 4. The molecule has 2 aromatic carbocycles. The monoisotopic (exact) mass is 401 g/mol. The number of carbonyl (C=O) groups excluding carboxylic acids is 1. The van der Waals surface area contributed by atoms with Crippen molar-refractivity contribution in [2.45, 2.75) is 13.3 Å². The van der Waals surface area contributed by atoms with Crippen molar-refractivity contribution in [2.24, 2.45) is 0 Å². The highest BCUT2D eigenvalue weighted by Crippen LogP contribution is 2.29. The van der Waals surface area contributed by atoms with Crippen molar-refractivity contribution in [3.63, 3.8) is 0 Å². The predicted octanol–water partition coefficient (Wildman–Crippen LogP) is 4.38. The molecule has 0 fully saturated rings. The second kappa shape index (κ2) is 7.11. The molecular weight excluding hydrogens is 386 g/mol. The summed E-state index contributed by atoms with van der Waals surface area (Å²) in [5.41, 5.74) is 1.21. The SMILES string of the molecule is CCc1ccccc1NC(=O)c1cc2cc(Br)cc(OC)c2oc1=O. The lowest BCUT2D eigenvalue weighted by atomic mass is 10.1. The number of ether oxygens (including phenoxy) is 1. The Bertz CT molecular complexity index is 1010. The van der Waals surface area contributed by atoms with Crippen molar-refractivity contribution in [1.82, 2.24) is 0 Å². The molecule has 0 saturated carbocycles. The minimum absolute atomic E-state index is 0.0569. The van der Waals surface area contributed by atoms with Gasteiger partial charge in [-0.25, -0.2) is 4.79 Å². The van der Waals surface area contributed by atoms with Gasteiger partial charge in [-0.3, -0.25) is 4.79 Å². The lowest BCUT2D eigenvalue weighted by Crippen LogP contribution is -2.21. The van der Waals surface area contributed by atoms with Crippen LogP contribution >= 0.6 is 15.9 Å². The van der Waals surface area contributed by atoms with Crippen molar-refractivity contribution in [3.05, 3.63) is 68.5 Å². The Kier molecular flexibility index (Phi) is 4.90. The fraction of sp³-hybridized carbons (Fsp3) is 0.158. The zero-order valence-electron chi connectivity index (χ0n) is 13.8. The number of anilines is 1. The van der Waals surface area contributed by atoms with Crippen LogP contribution in [0.3, 0.4) is 0 Å². The number of methoxy groups -OCH3 is 1. The summed E-state index contributed by atoms with van der Waals surface area (Å²) in [7, 11) is 1.49. The van der Waals surface area contributed by atoms with Gasteiger partial charge in [0.1, 0.15) is 5.56 Å². The molecule has 0 aliphatic rings. The van der Waals surface area contributed by atoms with E-state index in [4.69, 9.17) is 9.15 Å². The van der Waals surface area contributed by atoms with Crippen LogP contribution in [0.5, 0.6) is 5.75 Å². The zero-order chi connectivity index (χ0) is 18.0. The Morgan fingerprint density at radius 1 is 1.24 bits per heavy atom. The van der Waals surface area contributed by atoms with Gasteiger partial charge in [0.2, 0.25) is 0 Å². The van der Waals surface area contributed by atoms with E-state index in [2.05, 4.69) is 21.2 Å². The molecule has 3 aromatic rings. The first kappa shape index (κ1) is 17.2. The van der Waals surface area contributed by atoms with Gasteiger partial charge < -0.3 is 14.5 Å². The second-order valence-electron chi connectivity index (χ2n) is 5.44. The van der Waals surface area contributed by atoms with Gasteiger partial charge in [0.15, 0.2) is 11.3 Å². The average Bonchev–Trinajstić information content (AvgIpc) is 2.61. The average molecular weight is 402 g/mol. The summed E-state index contributed by atoms with van der Waals surface area (Å²) in [6.45, 7) is 2.00. The maximum Gasteiger partial charge on any atom is 0.349 e. The largest absolute Gasteiger partial charge is 0.493 e. The van der Waals surface area contributed by atoms with E-state index in [1.54, 1.807) is 18.2 Å². The lowest BCUT2D eigenvalue weighted by Gasteiger charge is -2.10. The Balaban J connectivity index is 2.05. The van der Waals surface area contributed by atoms with Crippen LogP contribution in [0.4, 0.5) is 5.69 Å². The standard InChI is InChI=1S/C19H16BrNO4/c1-3-11-6-4-5-7-15(11)21-18(22)14-9-12-8-13(20)10-16(24-2)17(12)25-19(14)23/h4-10H,3H2,1-2H3,(H,21,22). The first-order chi connectivity index (χ1) is 12.0. The molecule has 6 heteroatoms. The topological polar surface area (TPSA) is 68.5 Å². The first-order valence-electron chi connectivity index (χ1n) is 7.74. The summed E-state index contributed by atoms with van der Waals surface area (Å²) in [4.78, 5) is 24.8. The molecule has 0 atom stereocenters. The molecular formula is C19H16BrNO4. The van der Waals surface area contributed by atoms with E-state index in [0.717, 1.165) is 16.5 Å². The first-order valence-corrected chi connectivity index (χ1v) is 8.53. The zero-order valence-corrected chi connectivity index (χ0v) is 15.3. The Labute approximate surface area is 152 Å². The summed E-state index contributed by atoms with van der Waals surface area (Å²) < 4.78 is 11.3. The number of carbonyl (C=O) groups is 1. The smallest absolute Gasteiger partial charge is 0.349 e. The summed E-state index contributed by atoms with van der Waals surface area (Å²) in [6, 6.07) is 12.4. The molecule has 0 aliphatic carbocycles. The molecule has 3 rings (SSSR count). The molecule has 1 heterocycles. The van der Waals surface area contributed by atoms with Gasteiger partial charge in [0, 0.05) is 15.5 Å². The maximum atomic E-state index is 12.6. The molecule has 1 N–H and O–H groups in total. The summed E-state index contributed by atoms with van der Waals surface area (Å²) in [6.07, 6.45) is 0.771. The molecule has 0 saturated heterocycles. The normalized spacial score (nSPS) is 10.7. The Morgan fingerprint density at radius 3 is 2.72 bits per heavy atom. The van der Waals surface area contributed by atoms with E-state index in [9.17, 15) is 9.59 Å². The summed E-state index contributed by atoms with van der Waals surface area (Å²) in [5, 5.41) is 3.38. The van der Waals surface area contributed by atoms with E-state index in [1.165, 1.54) is 13.2 Å². The number of para-hydroxylation sites is 1. The molecule has 1 amide bonds. The number of nitrogens with one attached hydrogen (secondary N) is 1. The third kappa shape index (κ3) is 3.44. The van der Waals surface area contributed by atoms with Gasteiger partial charge in [0.25, 0.3) is 5.91 Å². The number of aryl methyl sites for hydroxylation is 1. The molecule has 0 spiro atoms. The summed E-state index contributed by atoms with van der Waals surface area (Å²) >= 11 is 3.38. The molecule has 25 heavy (non-hydrogen) atoms. The minimum atomic E-state index is -0.709. The molecule has 1 aromatic heterocycles. The third-order valence-corrected chi connectivity index (χ3v) is 4.33. The van der Waals surface area contributed by atoms with Crippen LogP contribution in [0.25, 0.3) is 11.0 Å². The van der Waals surface area contributed by atoms with Crippen LogP contribution < -0.4 is 15.7 Å². The maximum absolute atomic E-state index is 12.6. The van der Waals surface area contributed by atoms with Crippen molar-refractivity contribution in [3.8, 4) is 5.75 Å². The van der Waals surface area contributed by atoms with Crippen LogP contribution in [0.1, 0.15) is 22.8 Å². The van der Waals surface area contributed by atoms with Gasteiger partial charge in [-0.1, -0.05) is 41.1 Å². The quantitative estimate of drug-likeness (QED) is 0.658. The van der Waals surface area contributed by atoms with E-state index >= 15 is 0 Å². The second-order valence-corrected chi connectivity index (χ2v) is 6.35. The molecule has 128 valence electrons. The van der Waals surface area contributed by atoms with Crippen molar-refractivity contribution >= 4 is 38.5 Å². The van der Waals surface area contributed by atoms with E-state index in [1.807, 2.05) is 25.1 Å². The third-order valence-electron chi connectivity index (χ3n) is 3.87. The highest BCUT2D eigenvalue weighted by atomic mass is 79.9. The predicted molar refractivity (Wildman–Crippen MR) is 101 cm³/mol. The summed E-state index contributed by atoms with van der Waals surface area (Å²) in [5.74, 6) is -0.0831. The fourth-order valence-electron chi connectivity index (χ4n) is 2.62. The number of halogens is 1. The van der Waals surface area contributed by atoms with Crippen molar-refractivity contribution in [2.75, 3.05) is 12.4 Å². The van der Waals surface area contributed by atoms with Crippen molar-refractivity contribution in [1.29, 1.82) is 0 Å². The Hall–Kier alpha value is -2.60. The van der Waals surface area contributed by atoms with Gasteiger partial charge in [-0.15, -0.1) is 0 Å². The van der Waals surface area contributed by atoms with Crippen LogP contribution in [-0.4, -0.2) is 13.0 Å². The number of hydrogen-bond donors (Lipinski definition) is 1. The molecule has 0 bridgehead atoms. The molecule has 0 radical (unpaired) electrons. The number of amides is 1. The van der Waals surface area contributed by atoms with Crippen LogP contribution in [0.2, 0.25) is 0 Å². The van der Waals surface area contributed by atoms with Crippen molar-refractivity contribution < 1.29 is 13.9 Å². The molecule has 0 aliphatic heterocycles. The lowest BCUT2D eigenvalue weighted by molar-refractivity contribution is 0.102. The Morgan fingerprint density at radius 2 is 2.00 bits per heavy atom. The van der Waals surface area contributed by atoms with Crippen LogP contribution in [-0.2, 0) is 6.42 Å². The molecule has 5 nitrogen and oxygen atoms in total. The number of fused-ring (bicyclic) bond motifs is 1. The highest BCUT2D eigenvalue weighted by Gasteiger charge is 2.17. The van der Waals surface area contributed by atoms with Gasteiger partial charge >= 0.3 is 5.63 Å². The molecule has 0 unspecified atom stereocenters. The van der Waals surface area contributed by atoms with Crippen LogP contribution in [0, 0.1) is 0 Å². The van der Waals surface area contributed by atoms with E-state index in [-0.39, 0.29) is 5.56 Å². The number of rotatable bonds is 4. The fourth-order valence-corrected chi connectivity index (χ4v) is 3.07. The highest BCUT2D eigenvalue weighted by molar-refractivity contribution is 9.10. The van der Waals surface area contributed by atoms with E-state index < -0.39 is 11.5 Å². The minimum Gasteiger partial charge on any atom is -0.493 e.